The van der Waals surface area contributed by atoms with Crippen LogP contribution in [-0.4, -0.2) is 29.2 Å². The van der Waals surface area contributed by atoms with Gasteiger partial charge in [-0.3, -0.25) is 4.79 Å². The first-order chi connectivity index (χ1) is 10.2. The third kappa shape index (κ3) is 2.38. The molecule has 0 spiro atoms. The molecule has 0 unspecified atom stereocenters. The monoisotopic (exact) mass is 284 g/mol. The maximum Gasteiger partial charge on any atom is 0.262 e. The van der Waals surface area contributed by atoms with Crippen molar-refractivity contribution in [3.05, 3.63) is 48.0 Å². The molecule has 1 amide bonds. The highest BCUT2D eigenvalue weighted by Crippen LogP contribution is 2.33. The van der Waals surface area contributed by atoms with E-state index in [2.05, 4.69) is 5.32 Å². The van der Waals surface area contributed by atoms with Crippen LogP contribution in [0, 0.1) is 0 Å². The number of hydrogen-bond acceptors (Lipinski definition) is 4. The van der Waals surface area contributed by atoms with E-state index >= 15 is 0 Å². The lowest BCUT2D eigenvalue weighted by Crippen LogP contribution is -2.31. The van der Waals surface area contributed by atoms with Crippen LogP contribution in [0.25, 0.3) is 0 Å². The average molecular weight is 284 g/mol. The molecule has 0 fully saturated rings. The number of rotatable bonds is 1. The Bertz CT molecular complexity index is 685. The Morgan fingerprint density at radius 1 is 1.10 bits per heavy atom. The summed E-state index contributed by atoms with van der Waals surface area (Å²) >= 11 is 0. The molecule has 0 atom stereocenters. The number of nitrogens with zero attached hydrogens (tertiary/aromatic N) is 1. The van der Waals surface area contributed by atoms with E-state index in [1.165, 1.54) is 12.1 Å². The molecule has 0 radical (unpaired) electrons. The van der Waals surface area contributed by atoms with Gasteiger partial charge in [0.15, 0.2) is 11.5 Å². The molecule has 21 heavy (non-hydrogen) atoms. The lowest BCUT2D eigenvalue weighted by atomic mass is 10.1. The van der Waals surface area contributed by atoms with Gasteiger partial charge in [0, 0.05) is 13.1 Å². The molecule has 1 heterocycles. The molecule has 0 aromatic heterocycles. The van der Waals surface area contributed by atoms with Gasteiger partial charge in [0.25, 0.3) is 5.91 Å². The summed E-state index contributed by atoms with van der Waals surface area (Å²) in [6.07, 6.45) is 0.806. The Hall–Kier alpha value is -2.69. The van der Waals surface area contributed by atoms with Crippen molar-refractivity contribution in [2.45, 2.75) is 6.42 Å². The summed E-state index contributed by atoms with van der Waals surface area (Å²) in [4.78, 5) is 14.3. The van der Waals surface area contributed by atoms with Crippen LogP contribution in [0.2, 0.25) is 0 Å². The lowest BCUT2D eigenvalue weighted by Gasteiger charge is -2.23. The van der Waals surface area contributed by atoms with Crippen LogP contribution in [-0.2, 0) is 0 Å². The predicted octanol–water partition coefficient (Wildman–Crippen LogP) is 2.56. The number of carbonyl (C=O) groups excluding carboxylic acids is 1. The molecule has 0 saturated carbocycles. The van der Waals surface area contributed by atoms with Crippen molar-refractivity contribution in [3.8, 4) is 11.5 Å². The number of anilines is 2. The van der Waals surface area contributed by atoms with Crippen LogP contribution < -0.4 is 10.2 Å². The van der Waals surface area contributed by atoms with Gasteiger partial charge >= 0.3 is 0 Å². The highest BCUT2D eigenvalue weighted by Gasteiger charge is 2.24. The van der Waals surface area contributed by atoms with E-state index < -0.39 is 0 Å². The van der Waals surface area contributed by atoms with E-state index in [1.807, 2.05) is 24.3 Å². The first-order valence-electron chi connectivity index (χ1n) is 6.84. The first-order valence-corrected chi connectivity index (χ1v) is 6.84. The second kappa shape index (κ2) is 5.36. The van der Waals surface area contributed by atoms with Crippen LogP contribution in [0.1, 0.15) is 16.8 Å². The lowest BCUT2D eigenvalue weighted by molar-refractivity contribution is 0.0984. The number of nitrogens with one attached hydrogen (secondary N) is 1. The van der Waals surface area contributed by atoms with Gasteiger partial charge in [-0.2, -0.15) is 0 Å². The summed E-state index contributed by atoms with van der Waals surface area (Å²) in [5.74, 6) is -0.987. The SMILES string of the molecule is O=C(c1cccc(O)c1O)N1CCCNc2ccccc21. The fourth-order valence-corrected chi connectivity index (χ4v) is 2.50. The van der Waals surface area contributed by atoms with Crippen molar-refractivity contribution in [1.29, 1.82) is 0 Å². The number of carbonyl (C=O) groups is 1. The zero-order chi connectivity index (χ0) is 14.8. The van der Waals surface area contributed by atoms with E-state index in [1.54, 1.807) is 11.0 Å². The number of hydrogen-bond donors (Lipinski definition) is 3. The maximum absolute atomic E-state index is 12.7. The molecule has 108 valence electrons. The fraction of sp³-hybridized carbons (Fsp3) is 0.188. The van der Waals surface area contributed by atoms with Crippen molar-refractivity contribution >= 4 is 17.3 Å². The highest BCUT2D eigenvalue weighted by atomic mass is 16.3. The molecule has 0 aliphatic carbocycles. The van der Waals surface area contributed by atoms with Crippen molar-refractivity contribution in [1.82, 2.24) is 0 Å². The van der Waals surface area contributed by atoms with Gasteiger partial charge in [-0.1, -0.05) is 18.2 Å². The normalized spacial score (nSPS) is 14.0. The van der Waals surface area contributed by atoms with Gasteiger partial charge in [-0.05, 0) is 30.7 Å². The standard InChI is InChI=1S/C16H16N2O3/c19-14-8-3-5-11(15(14)20)16(21)18-10-4-9-17-12-6-1-2-7-13(12)18/h1-3,5-8,17,19-20H,4,9-10H2. The van der Waals surface area contributed by atoms with Crippen LogP contribution in [0.3, 0.4) is 0 Å². The molecular weight excluding hydrogens is 268 g/mol. The Labute approximate surface area is 122 Å². The summed E-state index contributed by atoms with van der Waals surface area (Å²) in [5, 5.41) is 22.8. The van der Waals surface area contributed by atoms with Gasteiger partial charge in [-0.25, -0.2) is 0 Å². The first kappa shape index (κ1) is 13.3. The van der Waals surface area contributed by atoms with Crippen LogP contribution in [0.4, 0.5) is 11.4 Å². The zero-order valence-corrected chi connectivity index (χ0v) is 11.4. The predicted molar refractivity (Wildman–Crippen MR) is 81.0 cm³/mol. The minimum absolute atomic E-state index is 0.103. The van der Waals surface area contributed by atoms with E-state index in [-0.39, 0.29) is 23.0 Å². The summed E-state index contributed by atoms with van der Waals surface area (Å²) in [6.45, 7) is 1.34. The average Bonchev–Trinajstić information content (AvgIpc) is 2.72. The summed E-state index contributed by atoms with van der Waals surface area (Å²) in [5.41, 5.74) is 1.78. The maximum atomic E-state index is 12.7. The largest absolute Gasteiger partial charge is 0.504 e. The van der Waals surface area contributed by atoms with Gasteiger partial charge < -0.3 is 20.4 Å². The number of amides is 1. The molecule has 2 aromatic carbocycles. The van der Waals surface area contributed by atoms with E-state index in [0.29, 0.717) is 6.54 Å². The molecule has 1 aliphatic heterocycles. The molecule has 3 N–H and O–H groups in total. The quantitative estimate of drug-likeness (QED) is 0.704. The number of fused-ring (bicyclic) bond motifs is 1. The van der Waals surface area contributed by atoms with Gasteiger partial charge in [0.2, 0.25) is 0 Å². The van der Waals surface area contributed by atoms with Crippen LogP contribution >= 0.6 is 0 Å². The van der Waals surface area contributed by atoms with Gasteiger partial charge in [0.05, 0.1) is 16.9 Å². The topological polar surface area (TPSA) is 72.8 Å². The zero-order valence-electron chi connectivity index (χ0n) is 11.4. The molecule has 5 heteroatoms. The summed E-state index contributed by atoms with van der Waals surface area (Å²) < 4.78 is 0. The fourth-order valence-electron chi connectivity index (χ4n) is 2.50. The highest BCUT2D eigenvalue weighted by molar-refractivity contribution is 6.09. The third-order valence-electron chi connectivity index (χ3n) is 3.56. The van der Waals surface area contributed by atoms with E-state index in [0.717, 1.165) is 24.3 Å². The second-order valence-electron chi connectivity index (χ2n) is 4.93. The minimum Gasteiger partial charge on any atom is -0.504 e. The van der Waals surface area contributed by atoms with Crippen LogP contribution in [0.5, 0.6) is 11.5 Å². The van der Waals surface area contributed by atoms with Crippen molar-refractivity contribution < 1.29 is 15.0 Å². The van der Waals surface area contributed by atoms with Crippen LogP contribution in [0.15, 0.2) is 42.5 Å². The summed E-state index contributed by atoms with van der Waals surface area (Å²) in [6, 6.07) is 12.0. The smallest absolute Gasteiger partial charge is 0.262 e. The third-order valence-corrected chi connectivity index (χ3v) is 3.56. The Morgan fingerprint density at radius 3 is 2.76 bits per heavy atom. The Kier molecular flexibility index (Phi) is 3.39. The molecule has 2 aromatic rings. The number of phenolic OH excluding ortho intramolecular Hbond substituents is 2. The molecule has 3 rings (SSSR count). The van der Waals surface area contributed by atoms with E-state index in [4.69, 9.17) is 0 Å². The number of phenols is 2. The van der Waals surface area contributed by atoms with Gasteiger partial charge in [-0.15, -0.1) is 0 Å². The van der Waals surface area contributed by atoms with E-state index in [9.17, 15) is 15.0 Å². The summed E-state index contributed by atoms with van der Waals surface area (Å²) in [7, 11) is 0. The molecule has 0 saturated heterocycles. The minimum atomic E-state index is -0.378. The molecule has 0 bridgehead atoms. The molecule has 5 nitrogen and oxygen atoms in total. The van der Waals surface area contributed by atoms with Crippen molar-refractivity contribution in [2.75, 3.05) is 23.3 Å². The number of benzene rings is 2. The van der Waals surface area contributed by atoms with Crippen molar-refractivity contribution in [3.63, 3.8) is 0 Å². The van der Waals surface area contributed by atoms with Crippen molar-refractivity contribution in [2.24, 2.45) is 0 Å². The second-order valence-corrected chi connectivity index (χ2v) is 4.93. The molecule has 1 aliphatic rings. The Balaban J connectivity index is 2.03. The Morgan fingerprint density at radius 2 is 1.90 bits per heavy atom. The van der Waals surface area contributed by atoms with Gasteiger partial charge in [0.1, 0.15) is 0 Å². The molecular formula is C16H16N2O3. The number of aromatic hydroxyl groups is 2. The number of para-hydroxylation sites is 3.